The van der Waals surface area contributed by atoms with Crippen LogP contribution < -0.4 is 19.1 Å². The number of para-hydroxylation sites is 1. The van der Waals surface area contributed by atoms with Crippen molar-refractivity contribution in [2.45, 2.75) is 6.04 Å². The number of benzene rings is 2. The van der Waals surface area contributed by atoms with E-state index < -0.39 is 23.5 Å². The fraction of sp³-hybridized carbons (Fsp3) is 0.160. The number of aromatic nitrogens is 1. The number of carbonyl (C=O) groups excluding carboxylic acids is 2. The van der Waals surface area contributed by atoms with Crippen molar-refractivity contribution in [1.29, 1.82) is 0 Å². The quantitative estimate of drug-likeness (QED) is 0.370. The van der Waals surface area contributed by atoms with Crippen molar-refractivity contribution in [3.05, 3.63) is 76.7 Å². The first-order chi connectivity index (χ1) is 17.0. The summed E-state index contributed by atoms with van der Waals surface area (Å²) in [6, 6.07) is 10.9. The summed E-state index contributed by atoms with van der Waals surface area (Å²) in [5, 5.41) is 13.6. The monoisotopic (exact) mass is 492 g/mol. The van der Waals surface area contributed by atoms with E-state index in [-0.39, 0.29) is 11.3 Å². The standard InChI is InChI=1S/C25H20N2O7S/c1-31-15-8-7-13(11-17(15)33-3)20-19(22(29)24(30)27(20)25-26-9-10-35-25)21(28)18-12-14-5-4-6-16(32-2)23(14)34-18/h4-12,20,29H,1-3H3. The number of anilines is 1. The number of aliphatic hydroxyl groups excluding tert-OH is 1. The Morgan fingerprint density at radius 2 is 1.83 bits per heavy atom. The van der Waals surface area contributed by atoms with Crippen LogP contribution in [0.1, 0.15) is 22.2 Å². The van der Waals surface area contributed by atoms with Crippen LogP contribution >= 0.6 is 11.3 Å². The second-order valence-electron chi connectivity index (χ2n) is 7.59. The van der Waals surface area contributed by atoms with Crippen LogP contribution in [-0.4, -0.2) is 43.1 Å². The molecule has 1 N–H and O–H groups in total. The molecule has 178 valence electrons. The Kier molecular flexibility index (Phi) is 5.65. The predicted octanol–water partition coefficient (Wildman–Crippen LogP) is 4.70. The molecule has 3 heterocycles. The van der Waals surface area contributed by atoms with Gasteiger partial charge in [-0.1, -0.05) is 18.2 Å². The van der Waals surface area contributed by atoms with Gasteiger partial charge in [-0.15, -0.1) is 11.3 Å². The van der Waals surface area contributed by atoms with Gasteiger partial charge in [0.2, 0.25) is 5.78 Å². The van der Waals surface area contributed by atoms with E-state index in [0.717, 1.165) is 0 Å². The summed E-state index contributed by atoms with van der Waals surface area (Å²) < 4.78 is 21.9. The van der Waals surface area contributed by atoms with Crippen molar-refractivity contribution in [2.75, 3.05) is 26.2 Å². The first-order valence-electron chi connectivity index (χ1n) is 10.5. The van der Waals surface area contributed by atoms with E-state index in [4.69, 9.17) is 18.6 Å². The van der Waals surface area contributed by atoms with E-state index in [9.17, 15) is 14.7 Å². The number of fused-ring (bicyclic) bond motifs is 1. The molecular weight excluding hydrogens is 472 g/mol. The Bertz CT molecular complexity index is 1470. The highest BCUT2D eigenvalue weighted by molar-refractivity contribution is 7.13. The normalized spacial score (nSPS) is 15.7. The second-order valence-corrected chi connectivity index (χ2v) is 8.46. The number of thiazole rings is 1. The molecule has 0 fully saturated rings. The van der Waals surface area contributed by atoms with Gasteiger partial charge < -0.3 is 23.7 Å². The minimum Gasteiger partial charge on any atom is -0.503 e. The van der Waals surface area contributed by atoms with Gasteiger partial charge >= 0.3 is 0 Å². The smallest absolute Gasteiger partial charge is 0.296 e. The van der Waals surface area contributed by atoms with Gasteiger partial charge in [0.05, 0.1) is 32.9 Å². The second kappa shape index (κ2) is 8.80. The van der Waals surface area contributed by atoms with Crippen LogP contribution in [0.5, 0.6) is 17.2 Å². The lowest BCUT2D eigenvalue weighted by atomic mass is 9.95. The van der Waals surface area contributed by atoms with Gasteiger partial charge in [0, 0.05) is 17.0 Å². The summed E-state index contributed by atoms with van der Waals surface area (Å²) in [7, 11) is 4.50. The third-order valence-corrected chi connectivity index (χ3v) is 6.52. The molecule has 1 atom stereocenters. The Morgan fingerprint density at radius 3 is 2.51 bits per heavy atom. The highest BCUT2D eigenvalue weighted by Crippen LogP contribution is 2.45. The Hall–Kier alpha value is -4.31. The number of Topliss-reactive ketones (excluding diaryl/α,β-unsaturated/α-hetero) is 1. The molecule has 0 radical (unpaired) electrons. The largest absolute Gasteiger partial charge is 0.503 e. The molecule has 4 aromatic rings. The average molecular weight is 493 g/mol. The number of furan rings is 1. The lowest BCUT2D eigenvalue weighted by Gasteiger charge is -2.25. The van der Waals surface area contributed by atoms with Crippen LogP contribution in [0.3, 0.4) is 0 Å². The molecule has 0 saturated heterocycles. The number of nitrogens with zero attached hydrogens (tertiary/aromatic N) is 2. The van der Waals surface area contributed by atoms with Gasteiger partial charge in [-0.25, -0.2) is 4.98 Å². The summed E-state index contributed by atoms with van der Waals surface area (Å²) in [6.07, 6.45) is 1.54. The molecule has 10 heteroatoms. The molecule has 0 bridgehead atoms. The lowest BCUT2D eigenvalue weighted by molar-refractivity contribution is -0.117. The maximum absolute atomic E-state index is 13.7. The number of methoxy groups -OCH3 is 3. The van der Waals surface area contributed by atoms with E-state index in [2.05, 4.69) is 4.98 Å². The van der Waals surface area contributed by atoms with Crippen molar-refractivity contribution >= 4 is 39.1 Å². The number of hydrogen-bond donors (Lipinski definition) is 1. The summed E-state index contributed by atoms with van der Waals surface area (Å²) in [6.45, 7) is 0. The summed E-state index contributed by atoms with van der Waals surface area (Å²) in [4.78, 5) is 32.5. The molecule has 2 aromatic carbocycles. The van der Waals surface area contributed by atoms with Crippen LogP contribution in [-0.2, 0) is 4.79 Å². The van der Waals surface area contributed by atoms with Gasteiger partial charge in [0.15, 0.2) is 39.5 Å². The van der Waals surface area contributed by atoms with Crippen molar-refractivity contribution in [3.8, 4) is 17.2 Å². The topological polar surface area (TPSA) is 111 Å². The number of aliphatic hydroxyl groups is 1. The van der Waals surface area contributed by atoms with E-state index in [1.54, 1.807) is 54.0 Å². The zero-order valence-electron chi connectivity index (χ0n) is 19.0. The van der Waals surface area contributed by atoms with Gasteiger partial charge in [-0.05, 0) is 29.8 Å². The van der Waals surface area contributed by atoms with E-state index in [1.807, 2.05) is 0 Å². The lowest BCUT2D eigenvalue weighted by Crippen LogP contribution is -2.31. The van der Waals surface area contributed by atoms with Crippen LogP contribution in [0.4, 0.5) is 5.13 Å². The first kappa shape index (κ1) is 22.5. The van der Waals surface area contributed by atoms with Gasteiger partial charge in [-0.2, -0.15) is 0 Å². The summed E-state index contributed by atoms with van der Waals surface area (Å²) >= 11 is 1.21. The van der Waals surface area contributed by atoms with E-state index >= 15 is 0 Å². The maximum Gasteiger partial charge on any atom is 0.296 e. The van der Waals surface area contributed by atoms with Crippen molar-refractivity contribution in [1.82, 2.24) is 4.98 Å². The Balaban J connectivity index is 1.67. The average Bonchev–Trinajstić information content (AvgIpc) is 3.62. The summed E-state index contributed by atoms with van der Waals surface area (Å²) in [5.41, 5.74) is 0.782. The number of rotatable bonds is 7. The minimum atomic E-state index is -0.976. The third kappa shape index (κ3) is 3.58. The SMILES string of the molecule is COc1ccc(C2C(C(=O)c3cc4cccc(OC)c4o3)=C(O)C(=O)N2c2nccs2)cc1OC. The van der Waals surface area contributed by atoms with Gasteiger partial charge in [0.25, 0.3) is 5.91 Å². The molecule has 9 nitrogen and oxygen atoms in total. The molecule has 35 heavy (non-hydrogen) atoms. The maximum atomic E-state index is 13.7. The zero-order valence-corrected chi connectivity index (χ0v) is 19.8. The van der Waals surface area contributed by atoms with Crippen LogP contribution in [0.2, 0.25) is 0 Å². The van der Waals surface area contributed by atoms with Gasteiger partial charge in [0.1, 0.15) is 0 Å². The zero-order chi connectivity index (χ0) is 24.7. The first-order valence-corrected chi connectivity index (χ1v) is 11.4. The molecule has 0 saturated carbocycles. The van der Waals surface area contributed by atoms with Crippen molar-refractivity contribution in [2.24, 2.45) is 0 Å². The van der Waals surface area contributed by atoms with E-state index in [0.29, 0.717) is 38.9 Å². The summed E-state index contributed by atoms with van der Waals surface area (Å²) in [5.74, 6) is -0.731. The Labute approximate surface area is 203 Å². The van der Waals surface area contributed by atoms with Crippen LogP contribution in [0.15, 0.2) is 69.8 Å². The highest BCUT2D eigenvalue weighted by atomic mass is 32.1. The number of ether oxygens (including phenoxy) is 3. The fourth-order valence-electron chi connectivity index (χ4n) is 4.15. The minimum absolute atomic E-state index is 0.0367. The van der Waals surface area contributed by atoms with Crippen molar-refractivity contribution < 1.29 is 33.3 Å². The van der Waals surface area contributed by atoms with Crippen molar-refractivity contribution in [3.63, 3.8) is 0 Å². The number of amides is 1. The highest BCUT2D eigenvalue weighted by Gasteiger charge is 2.46. The molecule has 1 aliphatic rings. The van der Waals surface area contributed by atoms with E-state index in [1.165, 1.54) is 37.6 Å². The molecule has 1 amide bonds. The predicted molar refractivity (Wildman–Crippen MR) is 129 cm³/mol. The fourth-order valence-corrected chi connectivity index (χ4v) is 4.82. The number of carbonyl (C=O) groups is 2. The molecule has 0 spiro atoms. The molecular formula is C25H20N2O7S. The number of hydrogen-bond acceptors (Lipinski definition) is 9. The molecule has 1 aliphatic heterocycles. The molecule has 2 aromatic heterocycles. The molecule has 1 unspecified atom stereocenters. The third-order valence-electron chi connectivity index (χ3n) is 5.75. The molecule has 5 rings (SSSR count). The van der Waals surface area contributed by atoms with Crippen LogP contribution in [0, 0.1) is 0 Å². The molecule has 0 aliphatic carbocycles. The Morgan fingerprint density at radius 1 is 1.06 bits per heavy atom. The van der Waals surface area contributed by atoms with Crippen LogP contribution in [0.25, 0.3) is 11.0 Å². The van der Waals surface area contributed by atoms with Gasteiger partial charge in [-0.3, -0.25) is 14.5 Å². The number of ketones is 1.